The summed E-state index contributed by atoms with van der Waals surface area (Å²) in [6.07, 6.45) is 4.42. The molecule has 6 heteroatoms. The zero-order valence-electron chi connectivity index (χ0n) is 18.4. The number of carbonyl (C=O) groups excluding carboxylic acids is 1. The normalized spacial score (nSPS) is 19.0. The Balaban J connectivity index is 1.34. The Morgan fingerprint density at radius 1 is 1.06 bits per heavy atom. The first-order valence-electron chi connectivity index (χ1n) is 11.1. The third-order valence-corrected chi connectivity index (χ3v) is 6.01. The van der Waals surface area contributed by atoms with Crippen molar-refractivity contribution in [1.29, 1.82) is 0 Å². The predicted molar refractivity (Wildman–Crippen MR) is 120 cm³/mol. The van der Waals surface area contributed by atoms with Crippen LogP contribution in [0.15, 0.2) is 42.5 Å². The molecule has 0 aromatic heterocycles. The van der Waals surface area contributed by atoms with Gasteiger partial charge in [0.1, 0.15) is 17.2 Å². The second-order valence-corrected chi connectivity index (χ2v) is 8.48. The summed E-state index contributed by atoms with van der Waals surface area (Å²) in [7, 11) is 3.36. The number of hydrogen-bond acceptors (Lipinski definition) is 5. The topological polar surface area (TPSA) is 60.0 Å². The number of nitrogens with zero attached hydrogens (tertiary/aromatic N) is 1. The number of methoxy groups -OCH3 is 2. The number of carbonyl (C=O) groups is 1. The number of para-hydroxylation sites is 1. The largest absolute Gasteiger partial charge is 0.497 e. The Bertz CT molecular complexity index is 897. The van der Waals surface area contributed by atoms with E-state index in [1.807, 2.05) is 36.4 Å². The van der Waals surface area contributed by atoms with E-state index in [1.165, 1.54) is 0 Å². The van der Waals surface area contributed by atoms with Crippen LogP contribution < -0.4 is 19.5 Å². The van der Waals surface area contributed by atoms with Crippen LogP contribution in [0.2, 0.25) is 0 Å². The van der Waals surface area contributed by atoms with Gasteiger partial charge in [-0.05, 0) is 50.4 Å². The molecule has 1 aliphatic carbocycles. The molecule has 166 valence electrons. The monoisotopic (exact) mass is 424 g/mol. The highest BCUT2D eigenvalue weighted by molar-refractivity contribution is 5.97. The molecule has 6 nitrogen and oxygen atoms in total. The minimum atomic E-state index is -0.0324. The van der Waals surface area contributed by atoms with Crippen LogP contribution in [-0.4, -0.2) is 50.8 Å². The first-order valence-corrected chi connectivity index (χ1v) is 11.1. The second-order valence-electron chi connectivity index (χ2n) is 8.48. The SMILES string of the molecule is COc1ccc(CN2CCCC(COc3ccccc3C(=O)NC3CC3)C2)c(OC)c1. The van der Waals surface area contributed by atoms with Gasteiger partial charge in [0, 0.05) is 36.7 Å². The maximum absolute atomic E-state index is 12.5. The molecular formula is C25H32N2O4. The van der Waals surface area contributed by atoms with E-state index < -0.39 is 0 Å². The van der Waals surface area contributed by atoms with Crippen molar-refractivity contribution in [2.75, 3.05) is 33.9 Å². The molecule has 2 aliphatic rings. The van der Waals surface area contributed by atoms with E-state index in [9.17, 15) is 4.79 Å². The van der Waals surface area contributed by atoms with Crippen molar-refractivity contribution in [3.8, 4) is 17.2 Å². The summed E-state index contributed by atoms with van der Waals surface area (Å²) in [5.41, 5.74) is 1.79. The van der Waals surface area contributed by atoms with Gasteiger partial charge in [0.15, 0.2) is 0 Å². The number of benzene rings is 2. The number of hydrogen-bond donors (Lipinski definition) is 1. The maximum atomic E-state index is 12.5. The van der Waals surface area contributed by atoms with E-state index >= 15 is 0 Å². The quantitative estimate of drug-likeness (QED) is 0.662. The molecule has 2 aromatic rings. The van der Waals surface area contributed by atoms with Gasteiger partial charge in [-0.25, -0.2) is 0 Å². The highest BCUT2D eigenvalue weighted by Crippen LogP contribution is 2.28. The molecular weight excluding hydrogens is 392 g/mol. The summed E-state index contributed by atoms with van der Waals surface area (Å²) >= 11 is 0. The lowest BCUT2D eigenvalue weighted by molar-refractivity contribution is 0.0940. The van der Waals surface area contributed by atoms with E-state index in [-0.39, 0.29) is 5.91 Å². The number of ether oxygens (including phenoxy) is 3. The number of piperidine rings is 1. The third-order valence-electron chi connectivity index (χ3n) is 6.01. The second kappa shape index (κ2) is 10.1. The fourth-order valence-electron chi connectivity index (χ4n) is 4.13. The van der Waals surface area contributed by atoms with E-state index in [0.717, 1.165) is 62.4 Å². The van der Waals surface area contributed by atoms with Gasteiger partial charge in [-0.3, -0.25) is 9.69 Å². The Kier molecular flexibility index (Phi) is 6.97. The predicted octanol–water partition coefficient (Wildman–Crippen LogP) is 3.89. The van der Waals surface area contributed by atoms with Crippen LogP contribution in [0.4, 0.5) is 0 Å². The van der Waals surface area contributed by atoms with Crippen molar-refractivity contribution in [3.63, 3.8) is 0 Å². The van der Waals surface area contributed by atoms with E-state index in [1.54, 1.807) is 14.2 Å². The molecule has 1 atom stereocenters. The van der Waals surface area contributed by atoms with Crippen molar-refractivity contribution in [3.05, 3.63) is 53.6 Å². The number of rotatable bonds is 9. The summed E-state index contributed by atoms with van der Waals surface area (Å²) in [5, 5.41) is 3.05. The summed E-state index contributed by atoms with van der Waals surface area (Å²) in [6, 6.07) is 13.9. The molecule has 2 aromatic carbocycles. The fourth-order valence-corrected chi connectivity index (χ4v) is 4.13. The summed E-state index contributed by atoms with van der Waals surface area (Å²) in [6.45, 7) is 3.48. The summed E-state index contributed by atoms with van der Waals surface area (Å²) in [5.74, 6) is 2.73. The molecule has 0 bridgehead atoms. The Morgan fingerprint density at radius 3 is 2.68 bits per heavy atom. The average Bonchev–Trinajstić information content (AvgIpc) is 3.62. The molecule has 1 heterocycles. The smallest absolute Gasteiger partial charge is 0.255 e. The molecule has 1 unspecified atom stereocenters. The van der Waals surface area contributed by atoms with Crippen molar-refractivity contribution >= 4 is 5.91 Å². The third kappa shape index (κ3) is 5.70. The van der Waals surface area contributed by atoms with Gasteiger partial charge >= 0.3 is 0 Å². The van der Waals surface area contributed by atoms with Gasteiger partial charge < -0.3 is 19.5 Å². The van der Waals surface area contributed by atoms with Crippen LogP contribution in [0, 0.1) is 5.92 Å². The van der Waals surface area contributed by atoms with Crippen molar-refractivity contribution < 1.29 is 19.0 Å². The average molecular weight is 425 g/mol. The van der Waals surface area contributed by atoms with Crippen LogP contribution in [0.3, 0.4) is 0 Å². The van der Waals surface area contributed by atoms with E-state index in [0.29, 0.717) is 29.9 Å². The van der Waals surface area contributed by atoms with Gasteiger partial charge in [-0.15, -0.1) is 0 Å². The van der Waals surface area contributed by atoms with Gasteiger partial charge in [-0.2, -0.15) is 0 Å². The number of nitrogens with one attached hydrogen (secondary N) is 1. The standard InChI is InChI=1S/C25H32N2O4/c1-29-21-12-9-19(24(14-21)30-2)16-27-13-5-6-18(15-27)17-31-23-8-4-3-7-22(23)25(28)26-20-10-11-20/h3-4,7-9,12,14,18,20H,5-6,10-11,13,15-17H2,1-2H3,(H,26,28). The van der Waals surface area contributed by atoms with Crippen molar-refractivity contribution in [2.45, 2.75) is 38.3 Å². The first-order chi connectivity index (χ1) is 15.2. The molecule has 0 spiro atoms. The van der Waals surface area contributed by atoms with Crippen molar-refractivity contribution in [2.24, 2.45) is 5.92 Å². The lowest BCUT2D eigenvalue weighted by Crippen LogP contribution is -2.37. The van der Waals surface area contributed by atoms with Gasteiger partial charge in [0.2, 0.25) is 0 Å². The lowest BCUT2D eigenvalue weighted by atomic mass is 9.98. The number of amides is 1. The molecule has 4 rings (SSSR count). The molecule has 0 radical (unpaired) electrons. The zero-order chi connectivity index (χ0) is 21.6. The molecule has 1 saturated carbocycles. The molecule has 31 heavy (non-hydrogen) atoms. The van der Waals surface area contributed by atoms with Crippen LogP contribution in [0.25, 0.3) is 0 Å². The molecule has 1 N–H and O–H groups in total. The van der Waals surface area contributed by atoms with Gasteiger partial charge in [-0.1, -0.05) is 18.2 Å². The number of likely N-dealkylation sites (tertiary alicyclic amines) is 1. The molecule has 2 fully saturated rings. The zero-order valence-corrected chi connectivity index (χ0v) is 18.4. The molecule has 1 saturated heterocycles. The highest BCUT2D eigenvalue weighted by Gasteiger charge is 2.26. The maximum Gasteiger partial charge on any atom is 0.255 e. The molecule has 1 amide bonds. The highest BCUT2D eigenvalue weighted by atomic mass is 16.5. The van der Waals surface area contributed by atoms with Crippen LogP contribution in [0.5, 0.6) is 17.2 Å². The van der Waals surface area contributed by atoms with Crippen molar-refractivity contribution in [1.82, 2.24) is 10.2 Å². The Labute approximate surface area is 184 Å². The fraction of sp³-hybridized carbons (Fsp3) is 0.480. The summed E-state index contributed by atoms with van der Waals surface area (Å²) in [4.78, 5) is 15.0. The van der Waals surface area contributed by atoms with Crippen LogP contribution in [-0.2, 0) is 6.54 Å². The van der Waals surface area contributed by atoms with E-state index in [2.05, 4.69) is 16.3 Å². The van der Waals surface area contributed by atoms with E-state index in [4.69, 9.17) is 14.2 Å². The van der Waals surface area contributed by atoms with Crippen LogP contribution in [0.1, 0.15) is 41.6 Å². The molecule has 1 aliphatic heterocycles. The summed E-state index contributed by atoms with van der Waals surface area (Å²) < 4.78 is 17.0. The van der Waals surface area contributed by atoms with Gasteiger partial charge in [0.25, 0.3) is 5.91 Å². The first kappa shape index (κ1) is 21.5. The Hall–Kier alpha value is -2.73. The minimum Gasteiger partial charge on any atom is -0.497 e. The lowest BCUT2D eigenvalue weighted by Gasteiger charge is -2.33. The minimum absolute atomic E-state index is 0.0324. The van der Waals surface area contributed by atoms with Gasteiger partial charge in [0.05, 0.1) is 26.4 Å². The Morgan fingerprint density at radius 2 is 1.90 bits per heavy atom. The van der Waals surface area contributed by atoms with Crippen LogP contribution >= 0.6 is 0 Å².